The second-order valence-electron chi connectivity index (χ2n) is 7.06. The van der Waals surface area contributed by atoms with Crippen LogP contribution in [-0.2, 0) is 4.79 Å². The van der Waals surface area contributed by atoms with Gasteiger partial charge in [-0.1, -0.05) is 36.9 Å². The number of likely N-dealkylation sites (N-methyl/N-ethyl adjacent to an activating group) is 1. The Kier molecular flexibility index (Phi) is 4.55. The standard InChI is InChI=1S/C22H22N2O4/c1-14-17-8-4-5-9-18(17)22(26)24(14)15(2)21(25)23(3)12-16-13-27-19-10-6-7-11-20(19)28-16/h4-11,15-16H,1,12-13H2,2-3H3/t15-,16-/m0/s1. The molecule has 2 aromatic carbocycles. The maximum Gasteiger partial charge on any atom is 0.259 e. The summed E-state index contributed by atoms with van der Waals surface area (Å²) in [5.41, 5.74) is 1.91. The molecule has 4 rings (SSSR count). The number of rotatable bonds is 4. The Morgan fingerprint density at radius 1 is 1.18 bits per heavy atom. The van der Waals surface area contributed by atoms with Crippen LogP contribution in [0.2, 0.25) is 0 Å². The summed E-state index contributed by atoms with van der Waals surface area (Å²) in [4.78, 5) is 28.8. The molecule has 0 N–H and O–H groups in total. The van der Waals surface area contributed by atoms with E-state index < -0.39 is 6.04 Å². The highest BCUT2D eigenvalue weighted by Gasteiger charge is 2.38. The molecule has 0 spiro atoms. The van der Waals surface area contributed by atoms with Crippen LogP contribution in [0.4, 0.5) is 0 Å². The SMILES string of the molecule is C=C1c2ccccc2C(=O)N1[C@@H](C)C(=O)N(C)C[C@H]1COc2ccccc2O1. The molecule has 2 atom stereocenters. The largest absolute Gasteiger partial charge is 0.486 e. The highest BCUT2D eigenvalue weighted by molar-refractivity contribution is 6.10. The number of hydrogen-bond acceptors (Lipinski definition) is 4. The summed E-state index contributed by atoms with van der Waals surface area (Å²) in [6.45, 7) is 6.47. The van der Waals surface area contributed by atoms with Crippen molar-refractivity contribution in [1.29, 1.82) is 0 Å². The van der Waals surface area contributed by atoms with Crippen LogP contribution in [0.3, 0.4) is 0 Å². The number of hydrogen-bond donors (Lipinski definition) is 0. The van der Waals surface area contributed by atoms with E-state index in [-0.39, 0.29) is 17.9 Å². The third kappa shape index (κ3) is 3.01. The van der Waals surface area contributed by atoms with E-state index in [9.17, 15) is 9.59 Å². The number of carbonyl (C=O) groups excluding carboxylic acids is 2. The van der Waals surface area contributed by atoms with Gasteiger partial charge in [0.25, 0.3) is 5.91 Å². The van der Waals surface area contributed by atoms with Gasteiger partial charge in [-0.15, -0.1) is 0 Å². The van der Waals surface area contributed by atoms with Gasteiger partial charge in [0, 0.05) is 23.9 Å². The summed E-state index contributed by atoms with van der Waals surface area (Å²) < 4.78 is 11.6. The molecule has 0 saturated heterocycles. The minimum atomic E-state index is -0.658. The van der Waals surface area contributed by atoms with Gasteiger partial charge >= 0.3 is 0 Å². The molecule has 144 valence electrons. The highest BCUT2D eigenvalue weighted by Crippen LogP contribution is 2.34. The average Bonchev–Trinajstić information content (AvgIpc) is 2.97. The van der Waals surface area contributed by atoms with E-state index in [2.05, 4.69) is 6.58 Å². The van der Waals surface area contributed by atoms with Crippen LogP contribution < -0.4 is 9.47 Å². The summed E-state index contributed by atoms with van der Waals surface area (Å²) in [6.07, 6.45) is -0.272. The monoisotopic (exact) mass is 378 g/mol. The van der Waals surface area contributed by atoms with E-state index in [4.69, 9.17) is 9.47 Å². The lowest BCUT2D eigenvalue weighted by Crippen LogP contribution is -2.49. The summed E-state index contributed by atoms with van der Waals surface area (Å²) >= 11 is 0. The van der Waals surface area contributed by atoms with Crippen molar-refractivity contribution in [3.63, 3.8) is 0 Å². The maximum absolute atomic E-state index is 13.0. The molecule has 2 heterocycles. The van der Waals surface area contributed by atoms with Gasteiger partial charge in [-0.2, -0.15) is 0 Å². The molecule has 0 unspecified atom stereocenters. The lowest BCUT2D eigenvalue weighted by molar-refractivity contribution is -0.134. The van der Waals surface area contributed by atoms with Crippen molar-refractivity contribution in [2.75, 3.05) is 20.2 Å². The molecule has 0 aliphatic carbocycles. The van der Waals surface area contributed by atoms with Gasteiger partial charge in [-0.25, -0.2) is 0 Å². The first kappa shape index (κ1) is 18.1. The number of ether oxygens (including phenoxy) is 2. The quantitative estimate of drug-likeness (QED) is 0.821. The summed E-state index contributed by atoms with van der Waals surface area (Å²) in [5.74, 6) is 1.01. The lowest BCUT2D eigenvalue weighted by atomic mass is 10.1. The number of nitrogens with zero attached hydrogens (tertiary/aromatic N) is 2. The van der Waals surface area contributed by atoms with E-state index >= 15 is 0 Å². The van der Waals surface area contributed by atoms with Crippen LogP contribution in [0.15, 0.2) is 55.1 Å². The summed E-state index contributed by atoms with van der Waals surface area (Å²) in [7, 11) is 1.71. The number of carbonyl (C=O) groups is 2. The van der Waals surface area contributed by atoms with Crippen LogP contribution in [0.5, 0.6) is 11.5 Å². The normalized spacial score (nSPS) is 18.6. The molecule has 2 aromatic rings. The Morgan fingerprint density at radius 2 is 1.82 bits per heavy atom. The molecule has 0 radical (unpaired) electrons. The fourth-order valence-electron chi connectivity index (χ4n) is 3.69. The molecule has 0 aromatic heterocycles. The fourth-order valence-corrected chi connectivity index (χ4v) is 3.69. The second-order valence-corrected chi connectivity index (χ2v) is 7.06. The molecule has 0 bridgehead atoms. The Hall–Kier alpha value is -3.28. The zero-order chi connectivity index (χ0) is 19.8. The molecular formula is C22H22N2O4. The minimum absolute atomic E-state index is 0.176. The van der Waals surface area contributed by atoms with Crippen molar-refractivity contribution in [2.45, 2.75) is 19.1 Å². The van der Waals surface area contributed by atoms with Gasteiger partial charge in [0.15, 0.2) is 17.6 Å². The zero-order valence-corrected chi connectivity index (χ0v) is 15.9. The Bertz CT molecular complexity index is 920. The predicted octanol–water partition coefficient (Wildman–Crippen LogP) is 2.80. The fraction of sp³-hybridized carbons (Fsp3) is 0.273. The first-order chi connectivity index (χ1) is 13.5. The molecular weight excluding hydrogens is 356 g/mol. The van der Waals surface area contributed by atoms with Crippen LogP contribution in [0.1, 0.15) is 22.8 Å². The van der Waals surface area contributed by atoms with Gasteiger partial charge in [-0.3, -0.25) is 14.5 Å². The van der Waals surface area contributed by atoms with Gasteiger partial charge in [0.05, 0.1) is 6.54 Å². The van der Waals surface area contributed by atoms with E-state index in [1.54, 1.807) is 24.9 Å². The van der Waals surface area contributed by atoms with Gasteiger partial charge < -0.3 is 14.4 Å². The first-order valence-electron chi connectivity index (χ1n) is 9.22. The maximum atomic E-state index is 13.0. The van der Waals surface area contributed by atoms with Crippen molar-refractivity contribution in [3.05, 3.63) is 66.2 Å². The third-order valence-electron chi connectivity index (χ3n) is 5.14. The lowest BCUT2D eigenvalue weighted by Gasteiger charge is -2.32. The predicted molar refractivity (Wildman–Crippen MR) is 105 cm³/mol. The number of amides is 2. The van der Waals surface area contributed by atoms with E-state index in [1.807, 2.05) is 42.5 Å². The van der Waals surface area contributed by atoms with Crippen LogP contribution in [-0.4, -0.2) is 54.0 Å². The number of para-hydroxylation sites is 2. The van der Waals surface area contributed by atoms with Gasteiger partial charge in [-0.05, 0) is 25.1 Å². The van der Waals surface area contributed by atoms with Gasteiger partial charge in [0.1, 0.15) is 12.6 Å². The summed E-state index contributed by atoms with van der Waals surface area (Å²) in [5, 5.41) is 0. The molecule has 6 nitrogen and oxygen atoms in total. The topological polar surface area (TPSA) is 59.1 Å². The van der Waals surface area contributed by atoms with Crippen LogP contribution in [0.25, 0.3) is 5.70 Å². The Labute approximate surface area is 164 Å². The highest BCUT2D eigenvalue weighted by atomic mass is 16.6. The van der Waals surface area contributed by atoms with E-state index in [0.717, 1.165) is 5.56 Å². The molecule has 28 heavy (non-hydrogen) atoms. The molecule has 6 heteroatoms. The number of benzene rings is 2. The van der Waals surface area contributed by atoms with Crippen LogP contribution >= 0.6 is 0 Å². The molecule has 0 saturated carbocycles. The first-order valence-corrected chi connectivity index (χ1v) is 9.22. The molecule has 0 fully saturated rings. The Balaban J connectivity index is 1.43. The smallest absolute Gasteiger partial charge is 0.259 e. The third-order valence-corrected chi connectivity index (χ3v) is 5.14. The van der Waals surface area contributed by atoms with Crippen LogP contribution in [0, 0.1) is 0 Å². The van der Waals surface area contributed by atoms with Gasteiger partial charge in [0.2, 0.25) is 5.91 Å². The molecule has 2 aliphatic rings. The second kappa shape index (κ2) is 7.03. The van der Waals surface area contributed by atoms with Crippen molar-refractivity contribution in [3.8, 4) is 11.5 Å². The van der Waals surface area contributed by atoms with Crippen molar-refractivity contribution < 1.29 is 19.1 Å². The van der Waals surface area contributed by atoms with Crippen molar-refractivity contribution in [2.24, 2.45) is 0 Å². The number of fused-ring (bicyclic) bond motifs is 2. The molecule has 2 amide bonds. The zero-order valence-electron chi connectivity index (χ0n) is 15.9. The van der Waals surface area contributed by atoms with Crippen molar-refractivity contribution in [1.82, 2.24) is 9.80 Å². The Morgan fingerprint density at radius 3 is 2.54 bits per heavy atom. The van der Waals surface area contributed by atoms with E-state index in [0.29, 0.717) is 35.9 Å². The van der Waals surface area contributed by atoms with E-state index in [1.165, 1.54) is 4.90 Å². The van der Waals surface area contributed by atoms with Crippen molar-refractivity contribution >= 4 is 17.5 Å². The summed E-state index contributed by atoms with van der Waals surface area (Å²) in [6, 6.07) is 14.1. The minimum Gasteiger partial charge on any atom is -0.486 e. The average molecular weight is 378 g/mol. The molecule has 2 aliphatic heterocycles.